The van der Waals surface area contributed by atoms with Crippen LogP contribution in [0.4, 0.5) is 0 Å². The van der Waals surface area contributed by atoms with E-state index in [1.54, 1.807) is 33.5 Å². The van der Waals surface area contributed by atoms with Crippen LogP contribution in [0.1, 0.15) is 42.7 Å². The highest BCUT2D eigenvalue weighted by molar-refractivity contribution is 9.10. The number of fused-ring (bicyclic) bond motifs is 1. The molecule has 1 fully saturated rings. The predicted molar refractivity (Wildman–Crippen MR) is 151 cm³/mol. The number of methoxy groups -OCH3 is 3. The van der Waals surface area contributed by atoms with Crippen molar-refractivity contribution < 1.29 is 24.1 Å². The highest BCUT2D eigenvalue weighted by Crippen LogP contribution is 2.48. The zero-order valence-corrected chi connectivity index (χ0v) is 24.5. The number of nitrogens with zero attached hydrogens (tertiary/aromatic N) is 3. The van der Waals surface area contributed by atoms with Crippen LogP contribution >= 0.6 is 15.9 Å². The van der Waals surface area contributed by atoms with Crippen molar-refractivity contribution in [1.82, 2.24) is 14.9 Å². The Labute approximate surface area is 233 Å². The molecule has 1 aromatic carbocycles. The van der Waals surface area contributed by atoms with Gasteiger partial charge in [0.15, 0.2) is 0 Å². The van der Waals surface area contributed by atoms with E-state index in [0.717, 1.165) is 40.4 Å². The van der Waals surface area contributed by atoms with Crippen LogP contribution in [0, 0.1) is 5.92 Å². The van der Waals surface area contributed by atoms with Gasteiger partial charge in [-0.1, -0.05) is 15.9 Å². The second-order valence-corrected chi connectivity index (χ2v) is 11.1. The van der Waals surface area contributed by atoms with E-state index < -0.39 is 5.60 Å². The van der Waals surface area contributed by atoms with Gasteiger partial charge in [-0.05, 0) is 75.5 Å². The average molecular weight is 589 g/mol. The Balaban J connectivity index is 1.94. The summed E-state index contributed by atoms with van der Waals surface area (Å²) in [6.07, 6.45) is 3.21. The first kappa shape index (κ1) is 28.5. The van der Waals surface area contributed by atoms with E-state index >= 15 is 0 Å². The third-order valence-electron chi connectivity index (χ3n) is 7.38. The number of rotatable bonds is 11. The van der Waals surface area contributed by atoms with E-state index in [0.29, 0.717) is 49.2 Å². The van der Waals surface area contributed by atoms with Crippen molar-refractivity contribution in [3.8, 4) is 17.6 Å². The van der Waals surface area contributed by atoms with Crippen molar-refractivity contribution in [3.63, 3.8) is 0 Å². The minimum atomic E-state index is -1.31. The second-order valence-electron chi connectivity index (χ2n) is 10.2. The van der Waals surface area contributed by atoms with Gasteiger partial charge in [-0.25, -0.2) is 4.98 Å². The fraction of sp³-hybridized carbons (Fsp3) is 0.517. The highest BCUT2D eigenvalue weighted by Gasteiger charge is 2.43. The molecule has 0 spiro atoms. The third-order valence-corrected chi connectivity index (χ3v) is 7.87. The number of ether oxygens (including phenoxy) is 4. The summed E-state index contributed by atoms with van der Waals surface area (Å²) in [4.78, 5) is 11.3. The Bertz CT molecular complexity index is 1210. The van der Waals surface area contributed by atoms with Crippen LogP contribution in [-0.2, 0) is 10.3 Å². The lowest BCUT2D eigenvalue weighted by atomic mass is 9.70. The summed E-state index contributed by atoms with van der Waals surface area (Å²) in [6.45, 7) is 2.10. The van der Waals surface area contributed by atoms with Crippen molar-refractivity contribution in [2.24, 2.45) is 5.92 Å². The number of halogens is 1. The van der Waals surface area contributed by atoms with Crippen LogP contribution in [0.5, 0.6) is 17.6 Å². The van der Waals surface area contributed by atoms with Crippen molar-refractivity contribution in [2.45, 2.75) is 37.2 Å². The summed E-state index contributed by atoms with van der Waals surface area (Å²) in [7, 11) is 8.78. The molecule has 1 N–H and O–H groups in total. The summed E-state index contributed by atoms with van der Waals surface area (Å²) in [6, 6.07) is 11.7. The Morgan fingerprint density at radius 2 is 1.82 bits per heavy atom. The molecule has 0 aliphatic carbocycles. The van der Waals surface area contributed by atoms with Crippen molar-refractivity contribution in [3.05, 3.63) is 52.0 Å². The van der Waals surface area contributed by atoms with Gasteiger partial charge in [0.2, 0.25) is 17.6 Å². The van der Waals surface area contributed by atoms with E-state index in [9.17, 15) is 5.11 Å². The molecule has 2 aromatic heterocycles. The lowest BCUT2D eigenvalue weighted by Gasteiger charge is -2.40. The van der Waals surface area contributed by atoms with E-state index in [2.05, 4.69) is 31.9 Å². The molecule has 4 rings (SSSR count). The quantitative estimate of drug-likeness (QED) is 0.329. The van der Waals surface area contributed by atoms with Crippen LogP contribution in [-0.4, -0.2) is 75.2 Å². The van der Waals surface area contributed by atoms with E-state index in [1.807, 2.05) is 32.3 Å². The zero-order valence-electron chi connectivity index (χ0n) is 22.9. The number of hydrogen-bond donors (Lipinski definition) is 1. The van der Waals surface area contributed by atoms with Gasteiger partial charge in [-0.2, -0.15) is 4.98 Å². The smallest absolute Gasteiger partial charge is 0.217 e. The fourth-order valence-corrected chi connectivity index (χ4v) is 5.70. The maximum Gasteiger partial charge on any atom is 0.217 e. The maximum absolute atomic E-state index is 12.9. The Hall–Kier alpha value is -2.46. The van der Waals surface area contributed by atoms with Crippen molar-refractivity contribution in [2.75, 3.05) is 55.2 Å². The largest absolute Gasteiger partial charge is 0.481 e. The molecule has 3 aromatic rings. The van der Waals surface area contributed by atoms with Crippen LogP contribution in [0.3, 0.4) is 0 Å². The summed E-state index contributed by atoms with van der Waals surface area (Å²) < 4.78 is 23.7. The Morgan fingerprint density at radius 1 is 1.08 bits per heavy atom. The molecule has 3 heterocycles. The van der Waals surface area contributed by atoms with E-state index in [4.69, 9.17) is 23.9 Å². The lowest BCUT2D eigenvalue weighted by molar-refractivity contribution is -0.0273. The molecule has 38 heavy (non-hydrogen) atoms. The van der Waals surface area contributed by atoms with Crippen LogP contribution < -0.4 is 14.2 Å². The molecule has 206 valence electrons. The zero-order chi connectivity index (χ0) is 27.3. The normalized spacial score (nSPS) is 18.3. The number of hydrogen-bond acceptors (Lipinski definition) is 8. The third kappa shape index (κ3) is 6.39. The van der Waals surface area contributed by atoms with Gasteiger partial charge in [0.25, 0.3) is 0 Å². The van der Waals surface area contributed by atoms with E-state index in [-0.39, 0.29) is 11.8 Å². The van der Waals surface area contributed by atoms with Crippen molar-refractivity contribution >= 4 is 26.8 Å². The lowest BCUT2D eigenvalue weighted by Crippen LogP contribution is -2.39. The number of pyridine rings is 2. The average Bonchev–Trinajstić information content (AvgIpc) is 2.94. The summed E-state index contributed by atoms with van der Waals surface area (Å²) in [5.74, 6) is 1.22. The van der Waals surface area contributed by atoms with Gasteiger partial charge < -0.3 is 29.0 Å². The highest BCUT2D eigenvalue weighted by atomic mass is 79.9. The second kappa shape index (κ2) is 12.6. The van der Waals surface area contributed by atoms with Crippen LogP contribution in [0.2, 0.25) is 0 Å². The molecule has 1 aliphatic rings. The van der Waals surface area contributed by atoms with Crippen LogP contribution in [0.25, 0.3) is 10.9 Å². The SMILES string of the molecule is COc1cc(C(O)(CCN(C)C)C(CC2CCCOC2)c2cc3cc(Br)ccc3nc2OC)cc(OC)n1. The molecule has 3 unspecified atom stereocenters. The van der Waals surface area contributed by atoms with Gasteiger partial charge >= 0.3 is 0 Å². The molecule has 0 radical (unpaired) electrons. The molecule has 1 aliphatic heterocycles. The van der Waals surface area contributed by atoms with Crippen LogP contribution in [0.15, 0.2) is 40.9 Å². The number of aromatic nitrogens is 2. The van der Waals surface area contributed by atoms with Gasteiger partial charge in [-0.3, -0.25) is 0 Å². The Morgan fingerprint density at radius 3 is 2.42 bits per heavy atom. The predicted octanol–water partition coefficient (Wildman–Crippen LogP) is 5.16. The molecule has 1 saturated heterocycles. The van der Waals surface area contributed by atoms with Gasteiger partial charge in [0.05, 0.1) is 32.4 Å². The molecule has 8 nitrogen and oxygen atoms in total. The monoisotopic (exact) mass is 587 g/mol. The van der Waals surface area contributed by atoms with Gasteiger partial charge in [-0.15, -0.1) is 0 Å². The molecule has 0 amide bonds. The molecule has 0 saturated carbocycles. The minimum absolute atomic E-state index is 0.285. The maximum atomic E-state index is 12.9. The summed E-state index contributed by atoms with van der Waals surface area (Å²) >= 11 is 3.59. The Kier molecular flexibility index (Phi) is 9.46. The molecule has 0 bridgehead atoms. The first-order valence-corrected chi connectivity index (χ1v) is 13.8. The number of benzene rings is 1. The standard InChI is InChI=1S/C29H38BrN3O5/c1-33(2)11-10-29(34,21-16-26(35-3)32-27(17-21)36-4)24(13-19-7-6-12-38-18-19)23-15-20-14-22(30)8-9-25(20)31-28(23)37-5/h8-9,14-17,19,24,34H,6-7,10-13,18H2,1-5H3. The molecule has 3 atom stereocenters. The first-order chi connectivity index (χ1) is 18.3. The molecule has 9 heteroatoms. The summed E-state index contributed by atoms with van der Waals surface area (Å²) in [5.41, 5.74) is 1.07. The first-order valence-electron chi connectivity index (χ1n) is 13.0. The summed E-state index contributed by atoms with van der Waals surface area (Å²) in [5, 5.41) is 13.8. The topological polar surface area (TPSA) is 86.2 Å². The van der Waals surface area contributed by atoms with Gasteiger partial charge in [0, 0.05) is 53.2 Å². The molecular formula is C29H38BrN3O5. The molecular weight excluding hydrogens is 550 g/mol. The van der Waals surface area contributed by atoms with E-state index in [1.165, 1.54) is 0 Å². The number of aliphatic hydroxyl groups is 1. The van der Waals surface area contributed by atoms with Gasteiger partial charge in [0.1, 0.15) is 0 Å². The van der Waals surface area contributed by atoms with Crippen molar-refractivity contribution in [1.29, 1.82) is 0 Å². The minimum Gasteiger partial charge on any atom is -0.481 e. The fourth-order valence-electron chi connectivity index (χ4n) is 5.32.